The minimum atomic E-state index is -0.589. The van der Waals surface area contributed by atoms with E-state index in [1.165, 1.54) is 21.2 Å². The third-order valence-corrected chi connectivity index (χ3v) is 11.4. The fraction of sp³-hybridized carbons (Fsp3) is 0.226. The predicted molar refractivity (Wildman–Crippen MR) is 153 cm³/mol. The first-order valence-corrected chi connectivity index (χ1v) is 14.9. The second-order valence-electron chi connectivity index (χ2n) is 9.40. The van der Waals surface area contributed by atoms with Crippen LogP contribution in [-0.2, 0) is 4.74 Å². The lowest BCUT2D eigenvalue weighted by Gasteiger charge is -2.34. The van der Waals surface area contributed by atoms with E-state index in [-0.39, 0.29) is 5.60 Å². The van der Waals surface area contributed by atoms with Crippen molar-refractivity contribution >= 4 is 37.1 Å². The summed E-state index contributed by atoms with van der Waals surface area (Å²) in [6, 6.07) is 44.2. The zero-order valence-electron chi connectivity index (χ0n) is 20.3. The Kier molecular flexibility index (Phi) is 8.69. The van der Waals surface area contributed by atoms with Gasteiger partial charge < -0.3 is 4.74 Å². The number of ether oxygens (including phenoxy) is 1. The van der Waals surface area contributed by atoms with Crippen molar-refractivity contribution in [2.24, 2.45) is 0 Å². The fourth-order valence-corrected chi connectivity index (χ4v) is 9.90. The summed E-state index contributed by atoms with van der Waals surface area (Å²) in [5, 5.41) is 5.70. The largest absolute Gasteiger partial charge is 0.375 e. The summed E-state index contributed by atoms with van der Waals surface area (Å²) in [5.41, 5.74) is 0.222. The van der Waals surface area contributed by atoms with Crippen LogP contribution in [0.2, 0.25) is 0 Å². The molecule has 1 unspecified atom stereocenters. The lowest BCUT2D eigenvalue weighted by Crippen LogP contribution is -2.33. The van der Waals surface area contributed by atoms with Crippen LogP contribution in [0.15, 0.2) is 121 Å². The number of hydrogen-bond acceptors (Lipinski definition) is 1. The molecule has 0 amide bonds. The van der Waals surface area contributed by atoms with E-state index in [9.17, 15) is 0 Å². The third-order valence-electron chi connectivity index (χ3n) is 5.67. The monoisotopic (exact) mass is 484 g/mol. The van der Waals surface area contributed by atoms with Crippen molar-refractivity contribution in [1.82, 2.24) is 0 Å². The van der Waals surface area contributed by atoms with E-state index >= 15 is 0 Å². The normalized spacial score (nSPS) is 12.7. The van der Waals surface area contributed by atoms with Gasteiger partial charge in [-0.3, -0.25) is 0 Å². The molecule has 0 aliphatic carbocycles. The molecular formula is C31H34OP2. The van der Waals surface area contributed by atoms with Crippen molar-refractivity contribution in [3.8, 4) is 0 Å². The summed E-state index contributed by atoms with van der Waals surface area (Å²) >= 11 is 0. The van der Waals surface area contributed by atoms with E-state index < -0.39 is 15.8 Å². The van der Waals surface area contributed by atoms with E-state index in [1.54, 1.807) is 0 Å². The van der Waals surface area contributed by atoms with Crippen LogP contribution in [0, 0.1) is 0 Å². The first-order chi connectivity index (χ1) is 16.5. The Morgan fingerprint density at radius 2 is 0.912 bits per heavy atom. The Hall–Kier alpha value is -2.30. The van der Waals surface area contributed by atoms with E-state index in [4.69, 9.17) is 4.74 Å². The maximum absolute atomic E-state index is 6.51. The van der Waals surface area contributed by atoms with E-state index in [0.717, 1.165) is 12.8 Å². The molecule has 0 fully saturated rings. The fourth-order valence-electron chi connectivity index (χ4n) is 4.09. The molecular weight excluding hydrogens is 450 g/mol. The molecule has 0 N–H and O–H groups in total. The van der Waals surface area contributed by atoms with Crippen molar-refractivity contribution < 1.29 is 4.74 Å². The topological polar surface area (TPSA) is 9.23 Å². The highest BCUT2D eigenvalue weighted by Gasteiger charge is 2.30. The summed E-state index contributed by atoms with van der Waals surface area (Å²) in [6.07, 6.45) is 1.09. The molecule has 0 aromatic heterocycles. The quantitative estimate of drug-likeness (QED) is 0.249. The number of hydrogen-bond donors (Lipinski definition) is 0. The van der Waals surface area contributed by atoms with Crippen LogP contribution < -0.4 is 21.2 Å². The molecule has 4 aromatic rings. The molecule has 0 saturated carbocycles. The first-order valence-electron chi connectivity index (χ1n) is 11.9. The second kappa shape index (κ2) is 11.9. The van der Waals surface area contributed by atoms with Gasteiger partial charge in [-0.25, -0.2) is 0 Å². The Morgan fingerprint density at radius 3 is 1.26 bits per heavy atom. The average Bonchev–Trinajstić information content (AvgIpc) is 2.87. The SMILES string of the molecule is CC(C)(C)OCC(CP(c1ccccc1)c1ccccc1)P(c1ccccc1)c1ccccc1. The van der Waals surface area contributed by atoms with Crippen LogP contribution in [0.3, 0.4) is 0 Å². The zero-order valence-corrected chi connectivity index (χ0v) is 22.1. The van der Waals surface area contributed by atoms with Gasteiger partial charge in [-0.1, -0.05) is 121 Å². The molecule has 4 rings (SSSR count). The molecule has 0 saturated heterocycles. The van der Waals surface area contributed by atoms with Crippen molar-refractivity contribution in [3.05, 3.63) is 121 Å². The molecule has 34 heavy (non-hydrogen) atoms. The van der Waals surface area contributed by atoms with Gasteiger partial charge >= 0.3 is 0 Å². The van der Waals surface area contributed by atoms with Gasteiger partial charge in [0.1, 0.15) is 0 Å². The summed E-state index contributed by atoms with van der Waals surface area (Å²) < 4.78 is 6.51. The van der Waals surface area contributed by atoms with E-state index in [1.807, 2.05) is 0 Å². The summed E-state index contributed by atoms with van der Waals surface area (Å²) in [4.78, 5) is 0. The Balaban J connectivity index is 1.78. The minimum Gasteiger partial charge on any atom is -0.375 e. The lowest BCUT2D eigenvalue weighted by molar-refractivity contribution is -0.000475. The zero-order chi connectivity index (χ0) is 23.8. The summed E-state index contributed by atoms with van der Waals surface area (Å²) in [5.74, 6) is 0. The van der Waals surface area contributed by atoms with Crippen LogP contribution in [0.1, 0.15) is 20.8 Å². The standard InChI is InChI=1S/C31H34OP2/c1-31(2,3)32-24-30(34(28-20-12-6-13-21-28)29-22-14-7-15-23-29)25-33(26-16-8-4-9-17-26)27-18-10-5-11-19-27/h4-23,30H,24-25H2,1-3H3. The van der Waals surface area contributed by atoms with E-state index in [0.29, 0.717) is 5.66 Å². The molecule has 3 heteroatoms. The second-order valence-corrected chi connectivity index (χ2v) is 14.2. The predicted octanol–water partition coefficient (Wildman–Crippen LogP) is 6.44. The summed E-state index contributed by atoms with van der Waals surface area (Å²) in [6.45, 7) is 7.23. The summed E-state index contributed by atoms with van der Waals surface area (Å²) in [7, 11) is -1.10. The van der Waals surface area contributed by atoms with Crippen LogP contribution in [0.5, 0.6) is 0 Å². The molecule has 0 heterocycles. The maximum Gasteiger partial charge on any atom is 0.0598 e. The highest BCUT2D eigenvalue weighted by Crippen LogP contribution is 2.47. The Morgan fingerprint density at radius 1 is 0.559 bits per heavy atom. The first kappa shape index (κ1) is 24.8. The average molecular weight is 485 g/mol. The van der Waals surface area contributed by atoms with Crippen molar-refractivity contribution in [3.63, 3.8) is 0 Å². The maximum atomic E-state index is 6.51. The molecule has 4 aromatic carbocycles. The van der Waals surface area contributed by atoms with Gasteiger partial charge in [0, 0.05) is 5.66 Å². The third kappa shape index (κ3) is 6.86. The molecule has 0 spiro atoms. The van der Waals surface area contributed by atoms with Crippen molar-refractivity contribution in [1.29, 1.82) is 0 Å². The molecule has 0 aliphatic heterocycles. The van der Waals surface area contributed by atoms with Gasteiger partial charge in [0.2, 0.25) is 0 Å². The highest BCUT2D eigenvalue weighted by atomic mass is 31.1. The highest BCUT2D eigenvalue weighted by molar-refractivity contribution is 7.77. The molecule has 1 atom stereocenters. The molecule has 0 bridgehead atoms. The van der Waals surface area contributed by atoms with Crippen molar-refractivity contribution in [2.45, 2.75) is 32.0 Å². The van der Waals surface area contributed by atoms with Crippen LogP contribution in [0.25, 0.3) is 0 Å². The van der Waals surface area contributed by atoms with Gasteiger partial charge in [-0.15, -0.1) is 0 Å². The molecule has 1 nitrogen and oxygen atoms in total. The van der Waals surface area contributed by atoms with Crippen LogP contribution in [-0.4, -0.2) is 24.0 Å². The molecule has 0 radical (unpaired) electrons. The van der Waals surface area contributed by atoms with E-state index in [2.05, 4.69) is 142 Å². The smallest absolute Gasteiger partial charge is 0.0598 e. The van der Waals surface area contributed by atoms with Crippen molar-refractivity contribution in [2.75, 3.05) is 12.8 Å². The Labute approximate surface area is 207 Å². The van der Waals surface area contributed by atoms with Crippen LogP contribution >= 0.6 is 15.8 Å². The Bertz CT molecular complexity index is 1030. The van der Waals surface area contributed by atoms with Gasteiger partial charge in [0.15, 0.2) is 0 Å². The minimum absolute atomic E-state index is 0.172. The van der Waals surface area contributed by atoms with Gasteiger partial charge in [-0.05, 0) is 64.0 Å². The lowest BCUT2D eigenvalue weighted by atomic mass is 10.2. The van der Waals surface area contributed by atoms with Crippen LogP contribution in [0.4, 0.5) is 0 Å². The molecule has 0 aliphatic rings. The number of rotatable bonds is 9. The number of benzene rings is 4. The molecule has 174 valence electrons. The van der Waals surface area contributed by atoms with Gasteiger partial charge in [0.25, 0.3) is 0 Å². The van der Waals surface area contributed by atoms with Gasteiger partial charge in [-0.2, -0.15) is 0 Å². The van der Waals surface area contributed by atoms with Gasteiger partial charge in [0.05, 0.1) is 12.2 Å².